The van der Waals surface area contributed by atoms with Crippen LogP contribution in [-0.2, 0) is 9.53 Å². The lowest BCUT2D eigenvalue weighted by molar-refractivity contribution is -0.140. The maximum absolute atomic E-state index is 10.8. The Balaban J connectivity index is 2.01. The van der Waals surface area contributed by atoms with E-state index in [1.54, 1.807) is 0 Å². The first kappa shape index (κ1) is 13.8. The average molecular weight is 261 g/mol. The van der Waals surface area contributed by atoms with Crippen molar-refractivity contribution in [1.29, 1.82) is 0 Å². The molecule has 0 aromatic carbocycles. The number of nitrogens with zero attached hydrogens (tertiary/aromatic N) is 2. The number of carbonyl (C=O) groups excluding carboxylic acids is 1. The highest BCUT2D eigenvalue weighted by molar-refractivity contribution is 6.99. The van der Waals surface area contributed by atoms with E-state index in [1.807, 2.05) is 0 Å². The van der Waals surface area contributed by atoms with Crippen LogP contribution in [0, 0.1) is 0 Å². The first-order valence-corrected chi connectivity index (χ1v) is 5.81. The number of hydrogen-bond donors (Lipinski definition) is 2. The monoisotopic (exact) mass is 261 g/mol. The van der Waals surface area contributed by atoms with Crippen molar-refractivity contribution in [3.63, 3.8) is 0 Å². The summed E-state index contributed by atoms with van der Waals surface area (Å²) in [5.41, 5.74) is 0. The van der Waals surface area contributed by atoms with Crippen LogP contribution in [-0.4, -0.2) is 52.7 Å². The van der Waals surface area contributed by atoms with Crippen molar-refractivity contribution >= 4 is 17.7 Å². The summed E-state index contributed by atoms with van der Waals surface area (Å²) in [6, 6.07) is 0. The van der Waals surface area contributed by atoms with Gasteiger partial charge in [-0.05, 0) is 0 Å². The van der Waals surface area contributed by atoms with Crippen molar-refractivity contribution in [3.8, 4) is 5.88 Å². The molecule has 7 nitrogen and oxygen atoms in total. The van der Waals surface area contributed by atoms with Crippen LogP contribution in [0.2, 0.25) is 0 Å². The normalized spacial score (nSPS) is 12.1. The summed E-state index contributed by atoms with van der Waals surface area (Å²) < 4.78 is 17.2. The summed E-state index contributed by atoms with van der Waals surface area (Å²) in [4.78, 5) is 10.8. The lowest BCUT2D eigenvalue weighted by Crippen LogP contribution is -2.32. The predicted octanol–water partition coefficient (Wildman–Crippen LogP) is -0.570. The molecule has 0 saturated heterocycles. The molecule has 0 bridgehead atoms. The first-order valence-electron chi connectivity index (χ1n) is 5.08. The van der Waals surface area contributed by atoms with Gasteiger partial charge in [0.25, 0.3) is 0 Å². The van der Waals surface area contributed by atoms with Crippen LogP contribution in [0.1, 0.15) is 6.42 Å². The van der Waals surface area contributed by atoms with Gasteiger partial charge in [-0.1, -0.05) is 0 Å². The molecule has 0 radical (unpaired) electrons. The van der Waals surface area contributed by atoms with Crippen LogP contribution in [0.3, 0.4) is 0 Å². The van der Waals surface area contributed by atoms with Gasteiger partial charge in [-0.25, -0.2) is 0 Å². The van der Waals surface area contributed by atoms with E-state index in [-0.39, 0.29) is 19.0 Å². The van der Waals surface area contributed by atoms with Gasteiger partial charge >= 0.3 is 5.97 Å². The van der Waals surface area contributed by atoms with E-state index >= 15 is 0 Å². The molecule has 1 atom stereocenters. The highest BCUT2D eigenvalue weighted by Crippen LogP contribution is 2.04. The van der Waals surface area contributed by atoms with Gasteiger partial charge in [0.15, 0.2) is 0 Å². The Kier molecular flexibility index (Phi) is 6.45. The van der Waals surface area contributed by atoms with Gasteiger partial charge in [0.1, 0.15) is 18.9 Å². The first-order chi connectivity index (χ1) is 8.22. The standard InChI is InChI=1S/C9H15N3O4S/c1-15-9(14)2-3-10-4-7(13)6-16-8-5-11-17-12-8/h5,7,10,13H,2-4,6H2,1H3. The van der Waals surface area contributed by atoms with E-state index in [0.29, 0.717) is 19.0 Å². The number of aliphatic hydroxyl groups is 1. The topological polar surface area (TPSA) is 93.6 Å². The number of methoxy groups -OCH3 is 1. The van der Waals surface area contributed by atoms with Crippen LogP contribution >= 0.6 is 11.7 Å². The number of carbonyl (C=O) groups is 1. The third-order valence-corrected chi connectivity index (χ3v) is 2.34. The number of hydrogen-bond acceptors (Lipinski definition) is 8. The Bertz CT molecular complexity index is 320. The summed E-state index contributed by atoms with van der Waals surface area (Å²) in [6.07, 6.45) is 1.11. The molecular weight excluding hydrogens is 246 g/mol. The van der Waals surface area contributed by atoms with Gasteiger partial charge in [0.05, 0.1) is 25.3 Å². The molecule has 0 saturated carbocycles. The molecule has 0 fully saturated rings. The fourth-order valence-corrected chi connectivity index (χ4v) is 1.39. The molecule has 2 N–H and O–H groups in total. The molecule has 0 aliphatic heterocycles. The summed E-state index contributed by atoms with van der Waals surface area (Å²) in [5.74, 6) is 0.125. The fourth-order valence-electron chi connectivity index (χ4n) is 1.02. The maximum atomic E-state index is 10.8. The fraction of sp³-hybridized carbons (Fsp3) is 0.667. The molecule has 0 aliphatic carbocycles. The zero-order valence-corrected chi connectivity index (χ0v) is 10.3. The number of aliphatic hydroxyl groups excluding tert-OH is 1. The highest BCUT2D eigenvalue weighted by atomic mass is 32.1. The molecule has 1 heterocycles. The van der Waals surface area contributed by atoms with Crippen molar-refractivity contribution in [2.75, 3.05) is 26.8 Å². The van der Waals surface area contributed by atoms with Crippen LogP contribution in [0.25, 0.3) is 0 Å². The molecule has 17 heavy (non-hydrogen) atoms. The Hall–Kier alpha value is -1.25. The summed E-state index contributed by atoms with van der Waals surface area (Å²) >= 11 is 1.04. The van der Waals surface area contributed by atoms with Crippen molar-refractivity contribution in [2.45, 2.75) is 12.5 Å². The van der Waals surface area contributed by atoms with Crippen LogP contribution < -0.4 is 10.1 Å². The Labute approximate surface area is 103 Å². The summed E-state index contributed by atoms with van der Waals surface area (Å²) in [6.45, 7) is 0.938. The molecule has 0 aliphatic rings. The molecule has 1 aromatic rings. The van der Waals surface area contributed by atoms with E-state index in [2.05, 4.69) is 18.8 Å². The zero-order valence-electron chi connectivity index (χ0n) is 9.46. The van der Waals surface area contributed by atoms with Crippen molar-refractivity contribution in [3.05, 3.63) is 6.20 Å². The third-order valence-electron chi connectivity index (χ3n) is 1.88. The summed E-state index contributed by atoms with van der Waals surface area (Å²) in [7, 11) is 1.34. The Morgan fingerprint density at radius 3 is 3.18 bits per heavy atom. The predicted molar refractivity (Wildman–Crippen MR) is 60.9 cm³/mol. The van der Waals surface area contributed by atoms with E-state index < -0.39 is 6.10 Å². The molecular formula is C9H15N3O4S. The van der Waals surface area contributed by atoms with Crippen LogP contribution in [0.15, 0.2) is 6.20 Å². The van der Waals surface area contributed by atoms with Crippen molar-refractivity contribution in [1.82, 2.24) is 14.1 Å². The quantitative estimate of drug-likeness (QED) is 0.478. The molecule has 0 amide bonds. The second-order valence-electron chi connectivity index (χ2n) is 3.24. The van der Waals surface area contributed by atoms with Gasteiger partial charge in [0, 0.05) is 13.1 Å². The van der Waals surface area contributed by atoms with Gasteiger partial charge in [-0.3, -0.25) is 4.79 Å². The smallest absolute Gasteiger partial charge is 0.306 e. The number of nitrogens with one attached hydrogen (secondary N) is 1. The average Bonchev–Trinajstić information content (AvgIpc) is 2.84. The number of esters is 1. The largest absolute Gasteiger partial charge is 0.473 e. The SMILES string of the molecule is COC(=O)CCNCC(O)COc1cnsn1. The lowest BCUT2D eigenvalue weighted by atomic mass is 10.3. The second-order valence-corrected chi connectivity index (χ2v) is 3.80. The van der Waals surface area contributed by atoms with Crippen molar-refractivity contribution in [2.24, 2.45) is 0 Å². The maximum Gasteiger partial charge on any atom is 0.306 e. The van der Waals surface area contributed by atoms with E-state index in [0.717, 1.165) is 11.7 Å². The minimum absolute atomic E-state index is 0.136. The molecule has 1 aromatic heterocycles. The lowest BCUT2D eigenvalue weighted by Gasteiger charge is -2.11. The third kappa shape index (κ3) is 6.15. The van der Waals surface area contributed by atoms with E-state index in [9.17, 15) is 9.90 Å². The van der Waals surface area contributed by atoms with Gasteiger partial charge in [-0.15, -0.1) is 4.37 Å². The van der Waals surface area contributed by atoms with E-state index in [1.165, 1.54) is 13.3 Å². The van der Waals surface area contributed by atoms with Gasteiger partial charge < -0.3 is 19.9 Å². The van der Waals surface area contributed by atoms with Crippen LogP contribution in [0.5, 0.6) is 5.88 Å². The minimum atomic E-state index is -0.658. The van der Waals surface area contributed by atoms with Gasteiger partial charge in [0.2, 0.25) is 5.88 Å². The molecule has 1 rings (SSSR count). The zero-order chi connectivity index (χ0) is 12.5. The number of ether oxygens (including phenoxy) is 2. The Morgan fingerprint density at radius 2 is 2.53 bits per heavy atom. The second kappa shape index (κ2) is 7.93. The molecule has 1 unspecified atom stereocenters. The van der Waals surface area contributed by atoms with E-state index in [4.69, 9.17) is 4.74 Å². The molecule has 96 valence electrons. The minimum Gasteiger partial charge on any atom is -0.473 e. The van der Waals surface area contributed by atoms with Crippen LogP contribution in [0.4, 0.5) is 0 Å². The number of rotatable bonds is 8. The van der Waals surface area contributed by atoms with Crippen molar-refractivity contribution < 1.29 is 19.4 Å². The molecule has 8 heteroatoms. The summed E-state index contributed by atoms with van der Waals surface area (Å²) in [5, 5.41) is 12.4. The molecule has 0 spiro atoms. The highest BCUT2D eigenvalue weighted by Gasteiger charge is 2.06. The number of aromatic nitrogens is 2. The van der Waals surface area contributed by atoms with Gasteiger partial charge in [-0.2, -0.15) is 4.37 Å². The Morgan fingerprint density at radius 1 is 1.71 bits per heavy atom.